The molecule has 0 radical (unpaired) electrons. The third kappa shape index (κ3) is 7.88. The quantitative estimate of drug-likeness (QED) is 0.654. The summed E-state index contributed by atoms with van der Waals surface area (Å²) in [7, 11) is 0. The van der Waals surface area contributed by atoms with Gasteiger partial charge in [0.05, 0.1) is 0 Å². The fourth-order valence-electron chi connectivity index (χ4n) is 2.15. The van der Waals surface area contributed by atoms with E-state index in [2.05, 4.69) is 38.2 Å². The van der Waals surface area contributed by atoms with Gasteiger partial charge in [0, 0.05) is 18.2 Å². The van der Waals surface area contributed by atoms with Crippen molar-refractivity contribution in [3.8, 4) is 0 Å². The number of hydrogen-bond donors (Lipinski definition) is 1. The Hall–Kier alpha value is -0.570. The van der Waals surface area contributed by atoms with Gasteiger partial charge in [-0.05, 0) is 55.5 Å². The SMILES string of the molecule is CCNCC(CCOCC(C)C)Cc1ccc(Cl)cc1. The highest BCUT2D eigenvalue weighted by atomic mass is 35.5. The molecule has 1 aromatic rings. The van der Waals surface area contributed by atoms with Crippen molar-refractivity contribution < 1.29 is 4.74 Å². The minimum atomic E-state index is 0.610. The molecule has 0 amide bonds. The van der Waals surface area contributed by atoms with E-state index in [1.807, 2.05) is 12.1 Å². The molecule has 1 unspecified atom stereocenters. The molecule has 1 aromatic carbocycles. The average Bonchev–Trinajstić information content (AvgIpc) is 2.42. The lowest BCUT2D eigenvalue weighted by Gasteiger charge is -2.18. The van der Waals surface area contributed by atoms with Crippen LogP contribution in [0.1, 0.15) is 32.8 Å². The second kappa shape index (κ2) is 10.2. The predicted octanol–water partition coefficient (Wildman–Crippen LogP) is 4.17. The van der Waals surface area contributed by atoms with Crippen LogP contribution < -0.4 is 5.32 Å². The largest absolute Gasteiger partial charge is 0.381 e. The molecule has 3 heteroatoms. The lowest BCUT2D eigenvalue weighted by Crippen LogP contribution is -2.25. The molecule has 0 saturated heterocycles. The summed E-state index contributed by atoms with van der Waals surface area (Å²) in [6.45, 7) is 10.3. The highest BCUT2D eigenvalue weighted by Crippen LogP contribution is 2.15. The fraction of sp³-hybridized carbons (Fsp3) is 0.647. The van der Waals surface area contributed by atoms with E-state index < -0.39 is 0 Å². The Morgan fingerprint density at radius 1 is 1.20 bits per heavy atom. The van der Waals surface area contributed by atoms with E-state index in [0.717, 1.165) is 44.2 Å². The average molecular weight is 298 g/mol. The van der Waals surface area contributed by atoms with Crippen LogP contribution in [0.5, 0.6) is 0 Å². The summed E-state index contributed by atoms with van der Waals surface area (Å²) in [5, 5.41) is 4.25. The summed E-state index contributed by atoms with van der Waals surface area (Å²) in [5.41, 5.74) is 1.35. The van der Waals surface area contributed by atoms with Crippen molar-refractivity contribution in [1.82, 2.24) is 5.32 Å². The zero-order chi connectivity index (χ0) is 14.8. The van der Waals surface area contributed by atoms with Crippen molar-refractivity contribution in [3.05, 3.63) is 34.9 Å². The third-order valence-corrected chi connectivity index (χ3v) is 3.49. The molecule has 0 saturated carbocycles. The van der Waals surface area contributed by atoms with E-state index in [1.165, 1.54) is 5.56 Å². The number of halogens is 1. The predicted molar refractivity (Wildman–Crippen MR) is 87.5 cm³/mol. The van der Waals surface area contributed by atoms with Crippen LogP contribution in [-0.2, 0) is 11.2 Å². The Bertz CT molecular complexity index is 351. The van der Waals surface area contributed by atoms with E-state index in [4.69, 9.17) is 16.3 Å². The Morgan fingerprint density at radius 3 is 2.50 bits per heavy atom. The molecule has 0 bridgehead atoms. The van der Waals surface area contributed by atoms with Crippen LogP contribution >= 0.6 is 11.6 Å². The number of benzene rings is 1. The van der Waals surface area contributed by atoms with Gasteiger partial charge in [-0.3, -0.25) is 0 Å². The Balaban J connectivity index is 2.40. The first-order chi connectivity index (χ1) is 9.61. The highest BCUT2D eigenvalue weighted by molar-refractivity contribution is 6.30. The second-order valence-corrected chi connectivity index (χ2v) is 6.20. The maximum Gasteiger partial charge on any atom is 0.0488 e. The van der Waals surface area contributed by atoms with E-state index in [0.29, 0.717) is 11.8 Å². The molecule has 0 aromatic heterocycles. The molecule has 20 heavy (non-hydrogen) atoms. The first kappa shape index (κ1) is 17.5. The second-order valence-electron chi connectivity index (χ2n) is 5.76. The molecular weight excluding hydrogens is 270 g/mol. The van der Waals surface area contributed by atoms with Gasteiger partial charge in [-0.25, -0.2) is 0 Å². The van der Waals surface area contributed by atoms with Gasteiger partial charge in [0.1, 0.15) is 0 Å². The number of hydrogen-bond acceptors (Lipinski definition) is 2. The molecule has 114 valence electrons. The minimum absolute atomic E-state index is 0.610. The fourth-order valence-corrected chi connectivity index (χ4v) is 2.27. The number of ether oxygens (including phenoxy) is 1. The van der Waals surface area contributed by atoms with Crippen molar-refractivity contribution >= 4 is 11.6 Å². The van der Waals surface area contributed by atoms with Crippen molar-refractivity contribution in [2.75, 3.05) is 26.3 Å². The van der Waals surface area contributed by atoms with E-state index in [9.17, 15) is 0 Å². The molecule has 2 nitrogen and oxygen atoms in total. The smallest absolute Gasteiger partial charge is 0.0488 e. The summed E-state index contributed by atoms with van der Waals surface area (Å²) in [6.07, 6.45) is 2.18. The standard InChI is InChI=1S/C17H28ClNO/c1-4-19-12-16(9-10-20-13-14(2)3)11-15-5-7-17(18)8-6-15/h5-8,14,16,19H,4,9-13H2,1-3H3. The topological polar surface area (TPSA) is 21.3 Å². The molecule has 0 aliphatic heterocycles. The number of rotatable bonds is 10. The first-order valence-corrected chi connectivity index (χ1v) is 8.02. The third-order valence-electron chi connectivity index (χ3n) is 3.24. The molecule has 1 N–H and O–H groups in total. The van der Waals surface area contributed by atoms with Crippen LogP contribution in [0.2, 0.25) is 5.02 Å². The monoisotopic (exact) mass is 297 g/mol. The summed E-state index contributed by atoms with van der Waals surface area (Å²) < 4.78 is 5.71. The molecule has 0 aliphatic rings. The molecule has 0 spiro atoms. The molecule has 0 aliphatic carbocycles. The lowest BCUT2D eigenvalue weighted by atomic mass is 9.96. The Kier molecular flexibility index (Phi) is 8.92. The van der Waals surface area contributed by atoms with Crippen LogP contribution in [0, 0.1) is 11.8 Å². The van der Waals surface area contributed by atoms with Gasteiger partial charge in [0.15, 0.2) is 0 Å². The summed E-state index contributed by atoms with van der Waals surface area (Å²) >= 11 is 5.93. The van der Waals surface area contributed by atoms with E-state index in [-0.39, 0.29) is 0 Å². The molecule has 0 heterocycles. The first-order valence-electron chi connectivity index (χ1n) is 7.64. The van der Waals surface area contributed by atoms with Gasteiger partial charge >= 0.3 is 0 Å². The van der Waals surface area contributed by atoms with Crippen LogP contribution in [0.3, 0.4) is 0 Å². The van der Waals surface area contributed by atoms with Crippen molar-refractivity contribution in [3.63, 3.8) is 0 Å². The van der Waals surface area contributed by atoms with Crippen LogP contribution in [-0.4, -0.2) is 26.3 Å². The molecule has 1 atom stereocenters. The van der Waals surface area contributed by atoms with E-state index in [1.54, 1.807) is 0 Å². The highest BCUT2D eigenvalue weighted by Gasteiger charge is 2.10. The normalized spacial score (nSPS) is 12.8. The van der Waals surface area contributed by atoms with Gasteiger partial charge in [0.25, 0.3) is 0 Å². The van der Waals surface area contributed by atoms with Crippen molar-refractivity contribution in [1.29, 1.82) is 0 Å². The van der Waals surface area contributed by atoms with Crippen LogP contribution in [0.4, 0.5) is 0 Å². The summed E-state index contributed by atoms with van der Waals surface area (Å²) in [6, 6.07) is 8.18. The zero-order valence-electron chi connectivity index (χ0n) is 13.0. The van der Waals surface area contributed by atoms with Gasteiger partial charge in [0.2, 0.25) is 0 Å². The van der Waals surface area contributed by atoms with Crippen LogP contribution in [0.25, 0.3) is 0 Å². The Labute approximate surface area is 128 Å². The van der Waals surface area contributed by atoms with Gasteiger partial charge in [-0.2, -0.15) is 0 Å². The maximum absolute atomic E-state index is 5.93. The summed E-state index contributed by atoms with van der Waals surface area (Å²) in [4.78, 5) is 0. The van der Waals surface area contributed by atoms with Gasteiger partial charge in [-0.15, -0.1) is 0 Å². The summed E-state index contributed by atoms with van der Waals surface area (Å²) in [5.74, 6) is 1.22. The van der Waals surface area contributed by atoms with Crippen molar-refractivity contribution in [2.45, 2.75) is 33.6 Å². The van der Waals surface area contributed by atoms with E-state index >= 15 is 0 Å². The Morgan fingerprint density at radius 2 is 1.90 bits per heavy atom. The van der Waals surface area contributed by atoms with Crippen molar-refractivity contribution in [2.24, 2.45) is 11.8 Å². The maximum atomic E-state index is 5.93. The molecular formula is C17H28ClNO. The molecule has 0 fully saturated rings. The number of nitrogens with one attached hydrogen (secondary N) is 1. The van der Waals surface area contributed by atoms with Crippen LogP contribution in [0.15, 0.2) is 24.3 Å². The molecule has 1 rings (SSSR count). The zero-order valence-corrected chi connectivity index (χ0v) is 13.7. The van der Waals surface area contributed by atoms with Gasteiger partial charge in [-0.1, -0.05) is 44.5 Å². The van der Waals surface area contributed by atoms with Gasteiger partial charge < -0.3 is 10.1 Å². The lowest BCUT2D eigenvalue weighted by molar-refractivity contribution is 0.0976. The minimum Gasteiger partial charge on any atom is -0.381 e.